The van der Waals surface area contributed by atoms with Crippen molar-refractivity contribution in [1.29, 1.82) is 0 Å². The van der Waals surface area contributed by atoms with Gasteiger partial charge in [0.1, 0.15) is 0 Å². The fraction of sp³-hybridized carbons (Fsp3) is 0.688. The maximum Gasteiger partial charge on any atom is 0.0877 e. The molecule has 1 unspecified atom stereocenters. The van der Waals surface area contributed by atoms with Crippen LogP contribution in [0.4, 0.5) is 5.69 Å². The van der Waals surface area contributed by atoms with Gasteiger partial charge in [-0.15, -0.1) is 0 Å². The average Bonchev–Trinajstić information content (AvgIpc) is 2.46. The van der Waals surface area contributed by atoms with E-state index in [0.29, 0.717) is 5.92 Å². The summed E-state index contributed by atoms with van der Waals surface area (Å²) in [6.07, 6.45) is 3.43. The molecule has 0 bridgehead atoms. The molecule has 0 N–H and O–H groups in total. The van der Waals surface area contributed by atoms with Crippen LogP contribution in [0.25, 0.3) is 0 Å². The second-order valence-corrected chi connectivity index (χ2v) is 5.95. The van der Waals surface area contributed by atoms with Crippen molar-refractivity contribution in [1.82, 2.24) is 9.88 Å². The first-order valence-corrected chi connectivity index (χ1v) is 7.57. The largest absolute Gasteiger partial charge is 0.373 e. The minimum atomic E-state index is 0.285. The lowest BCUT2D eigenvalue weighted by Crippen LogP contribution is -2.46. The van der Waals surface area contributed by atoms with Gasteiger partial charge in [0.15, 0.2) is 0 Å². The lowest BCUT2D eigenvalue weighted by atomic mass is 10.0. The molecule has 20 heavy (non-hydrogen) atoms. The number of rotatable bonds is 5. The molecule has 1 saturated heterocycles. The van der Waals surface area contributed by atoms with Gasteiger partial charge in [0.25, 0.3) is 0 Å². The number of ether oxygens (including phenoxy) is 1. The average molecular weight is 277 g/mol. The third-order valence-electron chi connectivity index (χ3n) is 3.96. The zero-order valence-corrected chi connectivity index (χ0v) is 13.2. The number of hydrogen-bond acceptors (Lipinski definition) is 4. The normalized spacial score (nSPS) is 21.2. The summed E-state index contributed by atoms with van der Waals surface area (Å²) in [7, 11) is 4.18. The van der Waals surface area contributed by atoms with Crippen molar-refractivity contribution in [2.45, 2.75) is 32.3 Å². The summed E-state index contributed by atoms with van der Waals surface area (Å²) in [6.45, 7) is 8.09. The summed E-state index contributed by atoms with van der Waals surface area (Å²) in [4.78, 5) is 9.18. The zero-order valence-electron chi connectivity index (χ0n) is 13.2. The Morgan fingerprint density at radius 1 is 1.45 bits per heavy atom. The number of likely N-dealkylation sites (N-methyl/N-ethyl adjacent to an activating group) is 1. The summed E-state index contributed by atoms with van der Waals surface area (Å²) in [6, 6.07) is 4.37. The highest BCUT2D eigenvalue weighted by Crippen LogP contribution is 2.21. The van der Waals surface area contributed by atoms with Crippen LogP contribution in [-0.2, 0) is 4.74 Å². The van der Waals surface area contributed by atoms with E-state index in [9.17, 15) is 0 Å². The molecular formula is C16H27N3O. The van der Waals surface area contributed by atoms with E-state index in [1.54, 1.807) is 0 Å². The Hall–Kier alpha value is -1.13. The number of aromatic nitrogens is 1. The van der Waals surface area contributed by atoms with Gasteiger partial charge in [-0.1, -0.05) is 13.8 Å². The summed E-state index contributed by atoms with van der Waals surface area (Å²) in [5, 5.41) is 0. The molecule has 112 valence electrons. The Bertz CT molecular complexity index is 405. The van der Waals surface area contributed by atoms with Crippen LogP contribution in [0.2, 0.25) is 0 Å². The van der Waals surface area contributed by atoms with Crippen molar-refractivity contribution in [2.75, 3.05) is 45.2 Å². The molecule has 2 atom stereocenters. The predicted molar refractivity (Wildman–Crippen MR) is 83.5 cm³/mol. The molecule has 4 nitrogen and oxygen atoms in total. The van der Waals surface area contributed by atoms with E-state index in [4.69, 9.17) is 4.74 Å². The molecule has 0 saturated carbocycles. The standard InChI is InChI=1S/C16H27N3O/c1-5-13(2)16-7-6-14(10-17-16)19-8-9-20-15(12-19)11-18(3)4/h6-7,10,13,15H,5,8-9,11-12H2,1-4H3/t13?,15-/m1/s1. The van der Waals surface area contributed by atoms with Crippen LogP contribution >= 0.6 is 0 Å². The third kappa shape index (κ3) is 3.93. The predicted octanol–water partition coefficient (Wildman–Crippen LogP) is 2.36. The third-order valence-corrected chi connectivity index (χ3v) is 3.96. The summed E-state index contributed by atoms with van der Waals surface area (Å²) in [5.41, 5.74) is 2.40. The first kappa shape index (κ1) is 15.3. The molecule has 1 aromatic heterocycles. The molecule has 0 amide bonds. The summed E-state index contributed by atoms with van der Waals surface area (Å²) >= 11 is 0. The molecule has 2 rings (SSSR count). The fourth-order valence-corrected chi connectivity index (χ4v) is 2.56. The highest BCUT2D eigenvalue weighted by Gasteiger charge is 2.21. The first-order chi connectivity index (χ1) is 9.60. The fourth-order valence-electron chi connectivity index (χ4n) is 2.56. The van der Waals surface area contributed by atoms with Gasteiger partial charge in [-0.2, -0.15) is 0 Å². The van der Waals surface area contributed by atoms with Crippen molar-refractivity contribution in [3.8, 4) is 0 Å². The molecule has 0 radical (unpaired) electrons. The second-order valence-electron chi connectivity index (χ2n) is 5.95. The number of pyridine rings is 1. The maximum atomic E-state index is 5.82. The van der Waals surface area contributed by atoms with Crippen molar-refractivity contribution in [3.05, 3.63) is 24.0 Å². The van der Waals surface area contributed by atoms with Crippen LogP contribution < -0.4 is 4.90 Å². The SMILES string of the molecule is CCC(C)c1ccc(N2CCO[C@H](CN(C)C)C2)cn1. The number of hydrogen-bond donors (Lipinski definition) is 0. The van der Waals surface area contributed by atoms with E-state index < -0.39 is 0 Å². The van der Waals surface area contributed by atoms with E-state index in [2.05, 4.69) is 54.9 Å². The van der Waals surface area contributed by atoms with Crippen molar-refractivity contribution >= 4 is 5.69 Å². The molecule has 1 aliphatic heterocycles. The van der Waals surface area contributed by atoms with Crippen LogP contribution in [0.3, 0.4) is 0 Å². The zero-order chi connectivity index (χ0) is 14.5. The minimum absolute atomic E-state index is 0.285. The Balaban J connectivity index is 2.00. The van der Waals surface area contributed by atoms with Gasteiger partial charge in [-0.25, -0.2) is 0 Å². The highest BCUT2D eigenvalue weighted by atomic mass is 16.5. The molecular weight excluding hydrogens is 250 g/mol. The molecule has 0 spiro atoms. The van der Waals surface area contributed by atoms with Gasteiger partial charge in [0, 0.05) is 25.3 Å². The Morgan fingerprint density at radius 2 is 2.25 bits per heavy atom. The molecule has 1 fully saturated rings. The lowest BCUT2D eigenvalue weighted by Gasteiger charge is -2.35. The molecule has 0 aliphatic carbocycles. The minimum Gasteiger partial charge on any atom is -0.373 e. The molecule has 1 aromatic rings. The maximum absolute atomic E-state index is 5.82. The molecule has 0 aromatic carbocycles. The van der Waals surface area contributed by atoms with Gasteiger partial charge in [0.2, 0.25) is 0 Å². The smallest absolute Gasteiger partial charge is 0.0877 e. The quantitative estimate of drug-likeness (QED) is 0.826. The van der Waals surface area contributed by atoms with Crippen molar-refractivity contribution in [3.63, 3.8) is 0 Å². The van der Waals surface area contributed by atoms with Crippen LogP contribution in [0.1, 0.15) is 31.9 Å². The first-order valence-electron chi connectivity index (χ1n) is 7.57. The Kier molecular flexibility index (Phi) is 5.38. The van der Waals surface area contributed by atoms with Gasteiger partial charge >= 0.3 is 0 Å². The van der Waals surface area contributed by atoms with Crippen LogP contribution in [0, 0.1) is 0 Å². The summed E-state index contributed by atoms with van der Waals surface area (Å²) in [5.74, 6) is 0.537. The monoisotopic (exact) mass is 277 g/mol. The number of anilines is 1. The van der Waals surface area contributed by atoms with Crippen molar-refractivity contribution in [2.24, 2.45) is 0 Å². The molecule has 4 heteroatoms. The van der Waals surface area contributed by atoms with Crippen molar-refractivity contribution < 1.29 is 4.74 Å². The van der Waals surface area contributed by atoms with Gasteiger partial charge in [-0.3, -0.25) is 4.98 Å². The second kappa shape index (κ2) is 7.04. The van der Waals surface area contributed by atoms with E-state index >= 15 is 0 Å². The topological polar surface area (TPSA) is 28.6 Å². The van der Waals surface area contributed by atoms with Gasteiger partial charge < -0.3 is 14.5 Å². The van der Waals surface area contributed by atoms with E-state index in [1.807, 2.05) is 6.20 Å². The van der Waals surface area contributed by atoms with Crippen LogP contribution in [-0.4, -0.2) is 56.3 Å². The molecule has 1 aliphatic rings. The highest BCUT2D eigenvalue weighted by molar-refractivity contribution is 5.45. The van der Waals surface area contributed by atoms with Gasteiger partial charge in [-0.05, 0) is 38.6 Å². The molecule has 2 heterocycles. The van der Waals surface area contributed by atoms with E-state index in [-0.39, 0.29) is 6.10 Å². The van der Waals surface area contributed by atoms with E-state index in [1.165, 1.54) is 11.4 Å². The summed E-state index contributed by atoms with van der Waals surface area (Å²) < 4.78 is 5.82. The van der Waals surface area contributed by atoms with Gasteiger partial charge in [0.05, 0.1) is 24.6 Å². The lowest BCUT2D eigenvalue weighted by molar-refractivity contribution is 0.0247. The van der Waals surface area contributed by atoms with Crippen LogP contribution in [0.5, 0.6) is 0 Å². The Labute approximate surface area is 122 Å². The number of morpholine rings is 1. The Morgan fingerprint density at radius 3 is 2.85 bits per heavy atom. The van der Waals surface area contributed by atoms with Crippen LogP contribution in [0.15, 0.2) is 18.3 Å². The van der Waals surface area contributed by atoms with E-state index in [0.717, 1.165) is 32.7 Å². The number of nitrogens with zero attached hydrogens (tertiary/aromatic N) is 3.